The Morgan fingerprint density at radius 1 is 1.73 bits per heavy atom. The molecule has 1 saturated heterocycles. The Morgan fingerprint density at radius 3 is 2.93 bits per heavy atom. The number of carbonyl (C=O) groups is 1. The molecular weight excluding hydrogens is 239 g/mol. The van der Waals surface area contributed by atoms with E-state index in [9.17, 15) is 4.79 Å². The second kappa shape index (κ2) is 3.81. The quantitative estimate of drug-likeness (QED) is 0.615. The van der Waals surface area contributed by atoms with Crippen molar-refractivity contribution in [3.05, 3.63) is 23.3 Å². The van der Waals surface area contributed by atoms with Gasteiger partial charge in [-0.15, -0.1) is 11.6 Å². The van der Waals surface area contributed by atoms with Crippen LogP contribution in [0.5, 0.6) is 0 Å². The molecule has 0 aromatic heterocycles. The maximum Gasteiger partial charge on any atom is 0.312 e. The maximum absolute atomic E-state index is 11.0. The van der Waals surface area contributed by atoms with Crippen molar-refractivity contribution in [2.24, 2.45) is 5.92 Å². The Hall–Kier alpha value is -0.510. The van der Waals surface area contributed by atoms with Gasteiger partial charge in [-0.2, -0.15) is 0 Å². The summed E-state index contributed by atoms with van der Waals surface area (Å²) in [5.41, 5.74) is 0. The molecule has 0 bridgehead atoms. The lowest BCUT2D eigenvalue weighted by Crippen LogP contribution is -2.37. The molecule has 5 heteroatoms. The van der Waals surface area contributed by atoms with Gasteiger partial charge in [-0.1, -0.05) is 17.7 Å². The molecule has 3 nitrogen and oxygen atoms in total. The Balaban J connectivity index is 2.22. The molecule has 2 aliphatic rings. The number of epoxide rings is 1. The zero-order valence-electron chi connectivity index (χ0n) is 7.82. The van der Waals surface area contributed by atoms with Gasteiger partial charge in [0.2, 0.25) is 0 Å². The normalized spacial score (nSPS) is 38.7. The zero-order valence-corrected chi connectivity index (χ0v) is 9.33. The largest absolute Gasteiger partial charge is 0.481 e. The molecule has 3 atom stereocenters. The summed E-state index contributed by atoms with van der Waals surface area (Å²) in [4.78, 5) is 10.1. The summed E-state index contributed by atoms with van der Waals surface area (Å²) < 4.78 is 5.07. The van der Waals surface area contributed by atoms with E-state index in [1.165, 1.54) is 6.08 Å². The van der Waals surface area contributed by atoms with E-state index in [1.807, 2.05) is 0 Å². The molecule has 15 heavy (non-hydrogen) atoms. The van der Waals surface area contributed by atoms with Crippen LogP contribution in [0.4, 0.5) is 0 Å². The number of aliphatic carboxylic acids is 1. The van der Waals surface area contributed by atoms with E-state index >= 15 is 0 Å². The Labute approximate surface area is 97.3 Å². The van der Waals surface area contributed by atoms with E-state index in [-0.39, 0.29) is 6.10 Å². The van der Waals surface area contributed by atoms with E-state index in [4.69, 9.17) is 33.0 Å². The third-order valence-corrected chi connectivity index (χ3v) is 3.29. The Bertz CT molecular complexity index is 347. The van der Waals surface area contributed by atoms with Gasteiger partial charge in [-0.3, -0.25) is 4.79 Å². The van der Waals surface area contributed by atoms with Crippen LogP contribution in [0.1, 0.15) is 6.42 Å². The lowest BCUT2D eigenvalue weighted by molar-refractivity contribution is -0.140. The van der Waals surface area contributed by atoms with Crippen LogP contribution in [0.3, 0.4) is 0 Å². The molecule has 0 radical (unpaired) electrons. The highest BCUT2D eigenvalue weighted by Gasteiger charge is 2.44. The van der Waals surface area contributed by atoms with Crippen molar-refractivity contribution in [2.75, 3.05) is 6.61 Å². The summed E-state index contributed by atoms with van der Waals surface area (Å²) >= 11 is 12.1. The van der Waals surface area contributed by atoms with Crippen molar-refractivity contribution >= 4 is 29.2 Å². The van der Waals surface area contributed by atoms with Crippen molar-refractivity contribution in [1.82, 2.24) is 0 Å². The Kier molecular flexibility index (Phi) is 2.79. The SMILES string of the molecule is O=C(O)C1C=CC(Cl)=CC1(Cl)CC1CO1. The standard InChI is InChI=1S/C10H10Cl2O3/c11-6-1-2-8(9(13)14)10(12,3-6)4-7-5-15-7/h1-3,7-8H,4-5H2,(H,13,14). The summed E-state index contributed by atoms with van der Waals surface area (Å²) in [6.45, 7) is 0.649. The van der Waals surface area contributed by atoms with Crippen molar-refractivity contribution in [2.45, 2.75) is 17.4 Å². The van der Waals surface area contributed by atoms with E-state index in [1.54, 1.807) is 12.2 Å². The summed E-state index contributed by atoms with van der Waals surface area (Å²) in [5.74, 6) is -1.69. The molecule has 1 aliphatic carbocycles. The fraction of sp³-hybridized carbons (Fsp3) is 0.500. The highest BCUT2D eigenvalue weighted by Crippen LogP contribution is 2.41. The van der Waals surface area contributed by atoms with Gasteiger partial charge in [0.05, 0.1) is 23.5 Å². The first-order valence-corrected chi connectivity index (χ1v) is 5.37. The van der Waals surface area contributed by atoms with Crippen LogP contribution < -0.4 is 0 Å². The first-order valence-electron chi connectivity index (χ1n) is 4.61. The highest BCUT2D eigenvalue weighted by atomic mass is 35.5. The van der Waals surface area contributed by atoms with Crippen molar-refractivity contribution < 1.29 is 14.6 Å². The zero-order chi connectivity index (χ0) is 11.1. The number of halogens is 2. The monoisotopic (exact) mass is 248 g/mol. The summed E-state index contributed by atoms with van der Waals surface area (Å²) in [6.07, 6.45) is 5.23. The van der Waals surface area contributed by atoms with Crippen molar-refractivity contribution in [3.63, 3.8) is 0 Å². The number of carboxylic acid groups (broad SMARTS) is 1. The molecule has 0 spiro atoms. The van der Waals surface area contributed by atoms with Crippen molar-refractivity contribution in [1.29, 1.82) is 0 Å². The van der Waals surface area contributed by atoms with Gasteiger partial charge < -0.3 is 9.84 Å². The minimum absolute atomic E-state index is 0.0663. The van der Waals surface area contributed by atoms with Gasteiger partial charge in [-0.25, -0.2) is 0 Å². The average molecular weight is 249 g/mol. The number of ether oxygens (including phenoxy) is 1. The fourth-order valence-corrected chi connectivity index (χ4v) is 2.50. The van der Waals surface area contributed by atoms with Crippen molar-refractivity contribution in [3.8, 4) is 0 Å². The molecule has 2 rings (SSSR count). The van der Waals surface area contributed by atoms with Crippen LogP contribution in [0.25, 0.3) is 0 Å². The third kappa shape index (κ3) is 2.36. The van der Waals surface area contributed by atoms with Gasteiger partial charge in [-0.05, 0) is 18.6 Å². The lowest BCUT2D eigenvalue weighted by atomic mass is 9.84. The van der Waals surface area contributed by atoms with Gasteiger partial charge in [0.15, 0.2) is 0 Å². The lowest BCUT2D eigenvalue weighted by Gasteiger charge is -2.30. The van der Waals surface area contributed by atoms with Crippen LogP contribution in [0, 0.1) is 5.92 Å². The summed E-state index contributed by atoms with van der Waals surface area (Å²) in [5, 5.41) is 9.52. The van der Waals surface area contributed by atoms with Gasteiger partial charge >= 0.3 is 5.97 Å². The molecule has 0 amide bonds. The summed E-state index contributed by atoms with van der Waals surface area (Å²) in [7, 11) is 0. The smallest absolute Gasteiger partial charge is 0.312 e. The molecule has 1 heterocycles. The molecule has 1 N–H and O–H groups in total. The molecule has 1 fully saturated rings. The van der Waals surface area contributed by atoms with E-state index in [0.717, 1.165) is 0 Å². The molecule has 3 unspecified atom stereocenters. The predicted octanol–water partition coefficient (Wildman–Crippen LogP) is 2.15. The number of carboxylic acids is 1. The van der Waals surface area contributed by atoms with Gasteiger partial charge in [0, 0.05) is 5.03 Å². The Morgan fingerprint density at radius 2 is 2.40 bits per heavy atom. The number of allylic oxidation sites excluding steroid dienone is 3. The first-order chi connectivity index (χ1) is 7.01. The average Bonchev–Trinajstić information content (AvgIpc) is 2.86. The van der Waals surface area contributed by atoms with E-state index in [0.29, 0.717) is 18.1 Å². The molecule has 0 aromatic carbocycles. The number of rotatable bonds is 3. The van der Waals surface area contributed by atoms with Gasteiger partial charge in [0.1, 0.15) is 0 Å². The first kappa shape index (κ1) is 11.0. The minimum atomic E-state index is -0.959. The topological polar surface area (TPSA) is 49.8 Å². The van der Waals surface area contributed by atoms with E-state index < -0.39 is 16.8 Å². The molecule has 82 valence electrons. The third-order valence-electron chi connectivity index (χ3n) is 2.55. The molecule has 0 saturated carbocycles. The number of alkyl halides is 1. The van der Waals surface area contributed by atoms with Crippen LogP contribution in [0.15, 0.2) is 23.3 Å². The van der Waals surface area contributed by atoms with Crippen LogP contribution in [0.2, 0.25) is 0 Å². The highest BCUT2D eigenvalue weighted by molar-refractivity contribution is 6.34. The fourth-order valence-electron chi connectivity index (χ4n) is 1.72. The van der Waals surface area contributed by atoms with Crippen LogP contribution >= 0.6 is 23.2 Å². The maximum atomic E-state index is 11.0. The van der Waals surface area contributed by atoms with Gasteiger partial charge in [0.25, 0.3) is 0 Å². The minimum Gasteiger partial charge on any atom is -0.481 e. The number of hydrogen-bond acceptors (Lipinski definition) is 2. The molecule has 1 aliphatic heterocycles. The second-order valence-electron chi connectivity index (χ2n) is 3.79. The van der Waals surface area contributed by atoms with Crippen LogP contribution in [-0.2, 0) is 9.53 Å². The van der Waals surface area contributed by atoms with E-state index in [2.05, 4.69) is 0 Å². The summed E-state index contributed by atoms with van der Waals surface area (Å²) in [6, 6.07) is 0. The molecule has 0 aromatic rings. The second-order valence-corrected chi connectivity index (χ2v) is 4.93. The van der Waals surface area contributed by atoms with Crippen LogP contribution in [-0.4, -0.2) is 28.7 Å². The number of hydrogen-bond donors (Lipinski definition) is 1. The predicted molar refractivity (Wildman–Crippen MR) is 57.1 cm³/mol. The molecular formula is C10H10Cl2O3.